The molecule has 0 atom stereocenters. The zero-order valence-electron chi connectivity index (χ0n) is 10.8. The lowest BCUT2D eigenvalue weighted by Gasteiger charge is -2.07. The van der Waals surface area contributed by atoms with E-state index in [1.54, 1.807) is 25.1 Å². The molecule has 0 aromatic heterocycles. The molecular weight excluding hydrogens is 362 g/mol. The van der Waals surface area contributed by atoms with Crippen LogP contribution in [-0.4, -0.2) is 10.9 Å². The Labute approximate surface area is 133 Å². The molecule has 0 aliphatic rings. The average Bonchev–Trinajstić information content (AvgIpc) is 2.41. The van der Waals surface area contributed by atoms with Crippen molar-refractivity contribution in [3.8, 4) is 5.75 Å². The van der Waals surface area contributed by atoms with Gasteiger partial charge >= 0.3 is 5.97 Å². The van der Waals surface area contributed by atoms with Crippen molar-refractivity contribution in [3.05, 3.63) is 67.1 Å². The van der Waals surface area contributed by atoms with E-state index >= 15 is 0 Å². The van der Waals surface area contributed by atoms with Gasteiger partial charge in [-0.2, -0.15) is 0 Å². The predicted molar refractivity (Wildman–Crippen MR) is 81.9 cm³/mol. The van der Waals surface area contributed by atoms with Gasteiger partial charge in [-0.1, -0.05) is 27.5 Å². The summed E-state index contributed by atoms with van der Waals surface area (Å²) in [5.41, 5.74) is 0.557. The van der Waals surface area contributed by atoms with Crippen LogP contribution in [0.3, 0.4) is 0 Å². The topological polar surface area (TPSA) is 69.4 Å². The van der Waals surface area contributed by atoms with Crippen LogP contribution in [0.5, 0.6) is 5.75 Å². The molecule has 7 heteroatoms. The van der Waals surface area contributed by atoms with E-state index < -0.39 is 10.9 Å². The van der Waals surface area contributed by atoms with Crippen LogP contribution < -0.4 is 4.74 Å². The van der Waals surface area contributed by atoms with Crippen molar-refractivity contribution in [1.82, 2.24) is 0 Å². The molecular formula is C14H9BrClNO4. The van der Waals surface area contributed by atoms with Crippen LogP contribution >= 0.6 is 27.5 Å². The molecule has 0 radical (unpaired) electrons. The number of aryl methyl sites for hydroxylation is 1. The third-order valence-electron chi connectivity index (χ3n) is 2.73. The monoisotopic (exact) mass is 369 g/mol. The zero-order chi connectivity index (χ0) is 15.6. The minimum Gasteiger partial charge on any atom is -0.421 e. The molecule has 0 amide bonds. The first-order chi connectivity index (χ1) is 9.88. The van der Waals surface area contributed by atoms with Gasteiger partial charge in [0, 0.05) is 16.1 Å². The molecule has 0 saturated heterocycles. The fraction of sp³-hybridized carbons (Fsp3) is 0.0714. The number of hydrogen-bond donors (Lipinski definition) is 0. The smallest absolute Gasteiger partial charge is 0.343 e. The van der Waals surface area contributed by atoms with E-state index in [0.29, 0.717) is 5.56 Å². The Morgan fingerprint density at radius 2 is 2.00 bits per heavy atom. The molecule has 21 heavy (non-hydrogen) atoms. The summed E-state index contributed by atoms with van der Waals surface area (Å²) >= 11 is 9.21. The maximum atomic E-state index is 12.0. The number of nitro benzene ring substituents is 1. The number of ether oxygens (including phenoxy) is 1. The van der Waals surface area contributed by atoms with E-state index in [9.17, 15) is 14.9 Å². The Kier molecular flexibility index (Phi) is 4.59. The van der Waals surface area contributed by atoms with E-state index in [1.807, 2.05) is 0 Å². The second-order valence-electron chi connectivity index (χ2n) is 4.22. The average molecular weight is 371 g/mol. The molecule has 0 fully saturated rings. The summed E-state index contributed by atoms with van der Waals surface area (Å²) < 4.78 is 5.94. The third-order valence-corrected chi connectivity index (χ3v) is 3.51. The first-order valence-corrected chi connectivity index (χ1v) is 6.98. The van der Waals surface area contributed by atoms with E-state index in [0.717, 1.165) is 4.47 Å². The van der Waals surface area contributed by atoms with Crippen LogP contribution in [0.15, 0.2) is 40.9 Å². The molecule has 0 saturated carbocycles. The Bertz CT molecular complexity index is 733. The summed E-state index contributed by atoms with van der Waals surface area (Å²) in [4.78, 5) is 22.3. The molecule has 0 bridgehead atoms. The van der Waals surface area contributed by atoms with Crippen molar-refractivity contribution in [3.63, 3.8) is 0 Å². The van der Waals surface area contributed by atoms with Gasteiger partial charge in [-0.25, -0.2) is 4.79 Å². The van der Waals surface area contributed by atoms with Crippen LogP contribution in [0, 0.1) is 17.0 Å². The number of benzene rings is 2. The van der Waals surface area contributed by atoms with Crippen LogP contribution in [0.25, 0.3) is 0 Å². The first-order valence-electron chi connectivity index (χ1n) is 5.81. The molecule has 0 aliphatic heterocycles. The van der Waals surface area contributed by atoms with Gasteiger partial charge < -0.3 is 4.74 Å². The Balaban J connectivity index is 2.24. The van der Waals surface area contributed by atoms with Gasteiger partial charge in [0.15, 0.2) is 0 Å². The second-order valence-corrected chi connectivity index (χ2v) is 5.55. The predicted octanol–water partition coefficient (Wildman–Crippen LogP) is 4.54. The summed E-state index contributed by atoms with van der Waals surface area (Å²) in [6.07, 6.45) is 0. The minimum atomic E-state index is -0.628. The van der Waals surface area contributed by atoms with Crippen LogP contribution in [-0.2, 0) is 0 Å². The number of halogens is 2. The number of nitro groups is 1. The number of rotatable bonds is 3. The Morgan fingerprint density at radius 1 is 1.29 bits per heavy atom. The van der Waals surface area contributed by atoms with E-state index in [-0.39, 0.29) is 22.0 Å². The second kappa shape index (κ2) is 6.24. The number of carbonyl (C=O) groups excluding carboxylic acids is 1. The van der Waals surface area contributed by atoms with E-state index in [1.165, 1.54) is 18.2 Å². The lowest BCUT2D eigenvalue weighted by molar-refractivity contribution is -0.385. The highest BCUT2D eigenvalue weighted by Gasteiger charge is 2.16. The fourth-order valence-electron chi connectivity index (χ4n) is 1.70. The summed E-state index contributed by atoms with van der Waals surface area (Å²) in [6, 6.07) is 8.88. The largest absolute Gasteiger partial charge is 0.421 e. The zero-order valence-corrected chi connectivity index (χ0v) is 13.1. The summed E-state index contributed by atoms with van der Waals surface area (Å²) in [5.74, 6) is -0.405. The lowest BCUT2D eigenvalue weighted by atomic mass is 10.1. The molecule has 2 aromatic carbocycles. The maximum absolute atomic E-state index is 12.0. The first kappa shape index (κ1) is 15.5. The highest BCUT2D eigenvalue weighted by atomic mass is 79.9. The molecule has 0 heterocycles. The van der Waals surface area contributed by atoms with Gasteiger partial charge in [0.25, 0.3) is 5.69 Å². The van der Waals surface area contributed by atoms with Gasteiger partial charge in [0.1, 0.15) is 5.75 Å². The molecule has 2 aromatic rings. The van der Waals surface area contributed by atoms with Crippen LogP contribution in [0.2, 0.25) is 5.02 Å². The summed E-state index contributed by atoms with van der Waals surface area (Å²) in [5, 5.41) is 11.0. The van der Waals surface area contributed by atoms with Crippen molar-refractivity contribution >= 4 is 39.2 Å². The number of nitrogens with zero attached hydrogens (tertiary/aromatic N) is 1. The van der Waals surface area contributed by atoms with Gasteiger partial charge in [0.2, 0.25) is 0 Å². The van der Waals surface area contributed by atoms with Gasteiger partial charge in [-0.3, -0.25) is 10.1 Å². The third kappa shape index (κ3) is 3.59. The van der Waals surface area contributed by atoms with Crippen molar-refractivity contribution in [2.45, 2.75) is 6.92 Å². The minimum absolute atomic E-state index is 0.0479. The molecule has 0 unspecified atom stereocenters. The SMILES string of the molecule is Cc1cc(C(=O)Oc2ccc(Br)cc2Cl)ccc1[N+](=O)[O-]. The molecule has 0 aliphatic carbocycles. The Hall–Kier alpha value is -1.92. The standard InChI is InChI=1S/C14H9BrClNO4/c1-8-6-9(2-4-12(8)17(19)20)14(18)21-13-5-3-10(15)7-11(13)16/h2-7H,1H3. The Morgan fingerprint density at radius 3 is 2.57 bits per heavy atom. The fourth-order valence-corrected chi connectivity index (χ4v) is 2.42. The molecule has 108 valence electrons. The summed E-state index contributed by atoms with van der Waals surface area (Å²) in [6.45, 7) is 1.56. The highest BCUT2D eigenvalue weighted by molar-refractivity contribution is 9.10. The van der Waals surface area contributed by atoms with E-state index in [2.05, 4.69) is 15.9 Å². The number of carbonyl (C=O) groups is 1. The van der Waals surface area contributed by atoms with Crippen LogP contribution in [0.1, 0.15) is 15.9 Å². The van der Waals surface area contributed by atoms with Gasteiger partial charge in [-0.05, 0) is 37.3 Å². The molecule has 0 N–H and O–H groups in total. The van der Waals surface area contributed by atoms with Gasteiger partial charge in [-0.15, -0.1) is 0 Å². The number of hydrogen-bond acceptors (Lipinski definition) is 4. The maximum Gasteiger partial charge on any atom is 0.343 e. The quantitative estimate of drug-likeness (QED) is 0.344. The number of esters is 1. The van der Waals surface area contributed by atoms with Gasteiger partial charge in [0.05, 0.1) is 15.5 Å². The van der Waals surface area contributed by atoms with Crippen molar-refractivity contribution < 1.29 is 14.5 Å². The van der Waals surface area contributed by atoms with Crippen LogP contribution in [0.4, 0.5) is 5.69 Å². The van der Waals surface area contributed by atoms with Crippen molar-refractivity contribution in [1.29, 1.82) is 0 Å². The van der Waals surface area contributed by atoms with E-state index in [4.69, 9.17) is 16.3 Å². The molecule has 5 nitrogen and oxygen atoms in total. The lowest BCUT2D eigenvalue weighted by Crippen LogP contribution is -2.09. The molecule has 2 rings (SSSR count). The van der Waals surface area contributed by atoms with Crippen molar-refractivity contribution in [2.24, 2.45) is 0 Å². The highest BCUT2D eigenvalue weighted by Crippen LogP contribution is 2.28. The summed E-state index contributed by atoms with van der Waals surface area (Å²) in [7, 11) is 0. The normalized spacial score (nSPS) is 10.2. The molecule has 0 spiro atoms. The van der Waals surface area contributed by atoms with Crippen molar-refractivity contribution in [2.75, 3.05) is 0 Å².